The lowest BCUT2D eigenvalue weighted by Crippen LogP contribution is -2.25. The molecule has 1 unspecified atom stereocenters. The summed E-state index contributed by atoms with van der Waals surface area (Å²) in [7, 11) is 5.13. The summed E-state index contributed by atoms with van der Waals surface area (Å²) in [6.07, 6.45) is -14.9. The van der Waals surface area contributed by atoms with E-state index >= 15 is 0 Å². The van der Waals surface area contributed by atoms with E-state index in [-0.39, 0.29) is 23.6 Å². The summed E-state index contributed by atoms with van der Waals surface area (Å²) in [6, 6.07) is 9.78. The quantitative estimate of drug-likeness (QED) is 0.182. The Labute approximate surface area is 253 Å². The Kier molecular flexibility index (Phi) is 9.25. The molecule has 0 N–H and O–H groups in total. The second-order valence-corrected chi connectivity index (χ2v) is 10.9. The minimum Gasteiger partial charge on any atom is -0.330 e. The second kappa shape index (κ2) is 12.3. The minimum absolute atomic E-state index is 0.00378. The second-order valence-electron chi connectivity index (χ2n) is 10.9. The number of benzene rings is 3. The fourth-order valence-electron chi connectivity index (χ4n) is 4.79. The van der Waals surface area contributed by atoms with Crippen molar-refractivity contribution >= 4 is 5.95 Å². The molecular weight excluding hydrogens is 615 g/mol. The zero-order valence-electron chi connectivity index (χ0n) is 24.8. The molecule has 0 fully saturated rings. The molecule has 0 aliphatic carbocycles. The number of alkyl halides is 9. The van der Waals surface area contributed by atoms with Crippen LogP contribution < -0.4 is 4.90 Å². The maximum absolute atomic E-state index is 13.9. The van der Waals surface area contributed by atoms with Crippen LogP contribution in [-0.4, -0.2) is 39.2 Å². The van der Waals surface area contributed by atoms with E-state index in [1.54, 1.807) is 6.92 Å². The first-order valence-corrected chi connectivity index (χ1v) is 13.5. The van der Waals surface area contributed by atoms with Crippen LogP contribution in [-0.2, 0) is 38.7 Å². The first-order chi connectivity index (χ1) is 20.7. The highest BCUT2D eigenvalue weighted by Crippen LogP contribution is 2.39. The predicted octanol–water partition coefficient (Wildman–Crippen LogP) is 8.07. The van der Waals surface area contributed by atoms with Gasteiger partial charge in [-0.2, -0.15) is 44.3 Å². The molecule has 0 radical (unpaired) electrons. The maximum atomic E-state index is 13.9. The van der Waals surface area contributed by atoms with E-state index < -0.39 is 53.9 Å². The van der Waals surface area contributed by atoms with Gasteiger partial charge in [-0.15, -0.1) is 5.10 Å². The predicted molar refractivity (Wildman–Crippen MR) is 149 cm³/mol. The van der Waals surface area contributed by atoms with E-state index in [4.69, 9.17) is 0 Å². The smallest absolute Gasteiger partial charge is 0.330 e. The van der Waals surface area contributed by atoms with Gasteiger partial charge >= 0.3 is 18.5 Å². The Hall–Kier alpha value is -4.14. The Morgan fingerprint density at radius 2 is 1.33 bits per heavy atom. The SMILES string of the molecule is Cc1ccc(C(C)N(C)C)cc1-c1ccc(C(F)(F)F)cc1CN(Cc1cc(C(F)(F)F)cc(C(F)(F)F)c1)c1nnn(C)n1. The summed E-state index contributed by atoms with van der Waals surface area (Å²) < 4.78 is 123. The molecule has 45 heavy (non-hydrogen) atoms. The normalized spacial score (nSPS) is 13.4. The molecule has 1 aromatic heterocycles. The van der Waals surface area contributed by atoms with E-state index in [2.05, 4.69) is 15.4 Å². The Morgan fingerprint density at radius 3 is 1.84 bits per heavy atom. The number of aryl methyl sites for hydroxylation is 2. The van der Waals surface area contributed by atoms with Crippen molar-refractivity contribution in [3.8, 4) is 11.1 Å². The van der Waals surface area contributed by atoms with E-state index in [9.17, 15) is 39.5 Å². The van der Waals surface area contributed by atoms with Crippen molar-refractivity contribution in [2.45, 2.75) is 51.5 Å². The summed E-state index contributed by atoms with van der Waals surface area (Å²) in [5.41, 5.74) is -1.73. The Balaban J connectivity index is 1.89. The van der Waals surface area contributed by atoms with Crippen molar-refractivity contribution in [2.75, 3.05) is 19.0 Å². The van der Waals surface area contributed by atoms with Crippen molar-refractivity contribution in [3.63, 3.8) is 0 Å². The van der Waals surface area contributed by atoms with Crippen LogP contribution in [0.5, 0.6) is 0 Å². The molecule has 15 heteroatoms. The third-order valence-corrected chi connectivity index (χ3v) is 7.40. The average molecular weight is 645 g/mol. The first kappa shape index (κ1) is 33.7. The van der Waals surface area contributed by atoms with E-state index in [0.717, 1.165) is 28.1 Å². The van der Waals surface area contributed by atoms with E-state index in [0.29, 0.717) is 23.3 Å². The van der Waals surface area contributed by atoms with Crippen molar-refractivity contribution < 1.29 is 39.5 Å². The standard InChI is InChI=1S/C30H29F9N6/c1-17-6-7-20(18(2)43(3)4)13-26(17)25-9-8-22(28(31,32)33)12-21(25)16-45(27-40-42-44(5)41-27)15-19-10-23(29(34,35)36)14-24(11-19)30(37,38)39/h6-14,18H,15-16H2,1-5H3. The van der Waals surface area contributed by atoms with Crippen molar-refractivity contribution in [1.82, 2.24) is 25.1 Å². The molecule has 0 saturated carbocycles. The van der Waals surface area contributed by atoms with Crippen LogP contribution in [0, 0.1) is 6.92 Å². The lowest BCUT2D eigenvalue weighted by Gasteiger charge is -2.25. The maximum Gasteiger partial charge on any atom is 0.416 e. The molecule has 1 atom stereocenters. The third kappa shape index (κ3) is 7.93. The van der Waals surface area contributed by atoms with Gasteiger partial charge in [0.1, 0.15) is 0 Å². The van der Waals surface area contributed by atoms with Gasteiger partial charge in [-0.1, -0.05) is 23.3 Å². The number of halogens is 9. The van der Waals surface area contributed by atoms with Gasteiger partial charge < -0.3 is 9.80 Å². The van der Waals surface area contributed by atoms with Gasteiger partial charge in [-0.05, 0) is 103 Å². The van der Waals surface area contributed by atoms with Crippen LogP contribution in [0.2, 0.25) is 0 Å². The number of rotatable bonds is 8. The van der Waals surface area contributed by atoms with Crippen molar-refractivity contribution in [3.05, 3.63) is 93.5 Å². The Morgan fingerprint density at radius 1 is 0.733 bits per heavy atom. The number of hydrogen-bond donors (Lipinski definition) is 0. The molecule has 0 bridgehead atoms. The van der Waals surface area contributed by atoms with Gasteiger partial charge in [-0.25, -0.2) is 0 Å². The summed E-state index contributed by atoms with van der Waals surface area (Å²) in [5, 5.41) is 11.6. The fourth-order valence-corrected chi connectivity index (χ4v) is 4.79. The molecule has 0 spiro atoms. The molecule has 6 nitrogen and oxygen atoms in total. The lowest BCUT2D eigenvalue weighted by molar-refractivity contribution is -0.143. The highest BCUT2D eigenvalue weighted by molar-refractivity contribution is 5.72. The first-order valence-electron chi connectivity index (χ1n) is 13.5. The summed E-state index contributed by atoms with van der Waals surface area (Å²) in [4.78, 5) is 4.15. The van der Waals surface area contributed by atoms with Gasteiger partial charge in [0.15, 0.2) is 0 Å². The molecule has 3 aromatic carbocycles. The molecule has 0 aliphatic heterocycles. The number of hydrogen-bond acceptors (Lipinski definition) is 5. The molecule has 4 rings (SSSR count). The topological polar surface area (TPSA) is 50.1 Å². The van der Waals surface area contributed by atoms with Crippen LogP contribution in [0.25, 0.3) is 11.1 Å². The minimum atomic E-state index is -5.09. The molecule has 0 saturated heterocycles. The van der Waals surface area contributed by atoms with Crippen LogP contribution in [0.3, 0.4) is 0 Å². The zero-order chi connectivity index (χ0) is 33.5. The summed E-state index contributed by atoms with van der Waals surface area (Å²) in [5.74, 6) is -0.210. The highest BCUT2D eigenvalue weighted by Gasteiger charge is 2.37. The molecule has 242 valence electrons. The largest absolute Gasteiger partial charge is 0.416 e. The van der Waals surface area contributed by atoms with E-state index in [1.807, 2.05) is 44.1 Å². The van der Waals surface area contributed by atoms with Gasteiger partial charge in [-0.3, -0.25) is 0 Å². The average Bonchev–Trinajstić information content (AvgIpc) is 3.37. The number of aromatic nitrogens is 4. The number of nitrogens with zero attached hydrogens (tertiary/aromatic N) is 6. The highest BCUT2D eigenvalue weighted by atomic mass is 19.4. The van der Waals surface area contributed by atoms with Crippen molar-refractivity contribution in [1.29, 1.82) is 0 Å². The number of anilines is 1. The summed E-state index contributed by atoms with van der Waals surface area (Å²) in [6.45, 7) is 2.72. The summed E-state index contributed by atoms with van der Waals surface area (Å²) >= 11 is 0. The van der Waals surface area contributed by atoms with Crippen LogP contribution in [0.4, 0.5) is 45.5 Å². The number of tetrazole rings is 1. The monoisotopic (exact) mass is 644 g/mol. The van der Waals surface area contributed by atoms with E-state index in [1.165, 1.54) is 18.0 Å². The third-order valence-electron chi connectivity index (χ3n) is 7.40. The molecule has 1 heterocycles. The lowest BCUT2D eigenvalue weighted by atomic mass is 9.91. The van der Waals surface area contributed by atoms with Gasteiger partial charge in [0.25, 0.3) is 5.95 Å². The fraction of sp³-hybridized carbons (Fsp3) is 0.367. The molecule has 0 aliphatic rings. The Bertz CT molecular complexity index is 1620. The van der Waals surface area contributed by atoms with Gasteiger partial charge in [0.05, 0.1) is 23.7 Å². The van der Waals surface area contributed by atoms with Crippen LogP contribution in [0.1, 0.15) is 51.9 Å². The molecule has 0 amide bonds. The van der Waals surface area contributed by atoms with Gasteiger partial charge in [0.2, 0.25) is 0 Å². The van der Waals surface area contributed by atoms with Crippen molar-refractivity contribution in [2.24, 2.45) is 7.05 Å². The molecular formula is C30H29F9N6. The van der Waals surface area contributed by atoms with Gasteiger partial charge in [0, 0.05) is 19.1 Å². The van der Waals surface area contributed by atoms with Crippen LogP contribution >= 0.6 is 0 Å². The van der Waals surface area contributed by atoms with Crippen LogP contribution in [0.15, 0.2) is 54.6 Å². The molecule has 4 aromatic rings. The zero-order valence-corrected chi connectivity index (χ0v) is 24.8.